The minimum Gasteiger partial charge on any atom is -0.478 e. The van der Waals surface area contributed by atoms with E-state index >= 15 is 0 Å². The first-order valence-corrected chi connectivity index (χ1v) is 6.31. The summed E-state index contributed by atoms with van der Waals surface area (Å²) < 4.78 is 28.3. The number of imidazole rings is 1. The summed E-state index contributed by atoms with van der Waals surface area (Å²) in [6.07, 6.45) is 0.213. The summed E-state index contributed by atoms with van der Waals surface area (Å²) in [5.41, 5.74) is 3.82. The average Bonchev–Trinajstić information content (AvgIpc) is 2.79. The molecule has 1 amide bonds. The van der Waals surface area contributed by atoms with Crippen LogP contribution in [0.5, 0.6) is 0 Å². The SMILES string of the molecule is CN(C)CCc1nc2c(C(=O)O)cc(F)c(F)c2n1C(N)=O. The van der Waals surface area contributed by atoms with Crippen molar-refractivity contribution in [3.05, 3.63) is 29.1 Å². The third kappa shape index (κ3) is 2.62. The number of aromatic nitrogens is 2. The zero-order valence-corrected chi connectivity index (χ0v) is 11.9. The van der Waals surface area contributed by atoms with Gasteiger partial charge in [-0.15, -0.1) is 0 Å². The van der Waals surface area contributed by atoms with Gasteiger partial charge >= 0.3 is 12.0 Å². The van der Waals surface area contributed by atoms with Gasteiger partial charge in [0.2, 0.25) is 0 Å². The van der Waals surface area contributed by atoms with Gasteiger partial charge in [0, 0.05) is 13.0 Å². The molecule has 0 aliphatic rings. The maximum atomic E-state index is 14.0. The molecule has 0 aliphatic heterocycles. The van der Waals surface area contributed by atoms with E-state index in [1.165, 1.54) is 0 Å². The molecule has 7 nitrogen and oxygen atoms in total. The first-order valence-electron chi connectivity index (χ1n) is 6.31. The number of halogens is 2. The summed E-state index contributed by atoms with van der Waals surface area (Å²) in [6.45, 7) is 0.461. The number of likely N-dealkylation sites (N-methyl/N-ethyl adjacent to an activating group) is 1. The third-order valence-corrected chi connectivity index (χ3v) is 3.12. The number of fused-ring (bicyclic) bond motifs is 1. The lowest BCUT2D eigenvalue weighted by Gasteiger charge is -2.09. The van der Waals surface area contributed by atoms with Gasteiger partial charge in [0.05, 0.1) is 5.56 Å². The van der Waals surface area contributed by atoms with Crippen LogP contribution in [0, 0.1) is 11.6 Å². The number of primary amides is 1. The Morgan fingerprint density at radius 2 is 2.05 bits per heavy atom. The van der Waals surface area contributed by atoms with Crippen molar-refractivity contribution in [1.82, 2.24) is 14.5 Å². The number of nitrogens with two attached hydrogens (primary N) is 1. The second kappa shape index (κ2) is 5.68. The number of hydrogen-bond donors (Lipinski definition) is 2. The van der Waals surface area contributed by atoms with Crippen LogP contribution >= 0.6 is 0 Å². The lowest BCUT2D eigenvalue weighted by atomic mass is 10.1. The lowest BCUT2D eigenvalue weighted by Crippen LogP contribution is -2.24. The van der Waals surface area contributed by atoms with Gasteiger partial charge < -0.3 is 15.7 Å². The molecule has 2 rings (SSSR count). The molecule has 118 valence electrons. The minimum atomic E-state index is -1.47. The van der Waals surface area contributed by atoms with E-state index in [9.17, 15) is 18.4 Å². The highest BCUT2D eigenvalue weighted by molar-refractivity contribution is 6.03. The Hall–Kier alpha value is -2.55. The molecule has 0 fully saturated rings. The largest absolute Gasteiger partial charge is 0.478 e. The van der Waals surface area contributed by atoms with Gasteiger partial charge in [-0.1, -0.05) is 0 Å². The molecule has 3 N–H and O–H groups in total. The van der Waals surface area contributed by atoms with Crippen molar-refractivity contribution in [2.75, 3.05) is 20.6 Å². The molecule has 0 saturated carbocycles. The van der Waals surface area contributed by atoms with E-state index in [0.717, 1.165) is 0 Å². The fraction of sp³-hybridized carbons (Fsp3) is 0.308. The molecular weight excluding hydrogens is 298 g/mol. The molecule has 9 heteroatoms. The molecule has 1 aromatic carbocycles. The van der Waals surface area contributed by atoms with E-state index in [1.54, 1.807) is 19.0 Å². The molecule has 0 spiro atoms. The molecule has 0 atom stereocenters. The van der Waals surface area contributed by atoms with Crippen molar-refractivity contribution in [3.63, 3.8) is 0 Å². The predicted octanol–water partition coefficient (Wildman–Crippen LogP) is 1.04. The molecule has 0 aliphatic carbocycles. The van der Waals surface area contributed by atoms with E-state index in [2.05, 4.69) is 4.98 Å². The van der Waals surface area contributed by atoms with Crippen LogP contribution in [0.1, 0.15) is 16.2 Å². The number of carbonyl (C=O) groups excluding carboxylic acids is 1. The number of carbonyl (C=O) groups is 2. The maximum Gasteiger partial charge on any atom is 0.338 e. The Morgan fingerprint density at radius 1 is 1.41 bits per heavy atom. The van der Waals surface area contributed by atoms with Crippen molar-refractivity contribution in [2.24, 2.45) is 5.73 Å². The Bertz CT molecular complexity index is 770. The van der Waals surface area contributed by atoms with E-state index in [-0.39, 0.29) is 17.8 Å². The van der Waals surface area contributed by atoms with Gasteiger partial charge in [0.15, 0.2) is 11.6 Å². The van der Waals surface area contributed by atoms with E-state index in [4.69, 9.17) is 10.8 Å². The predicted molar refractivity (Wildman–Crippen MR) is 73.8 cm³/mol. The first kappa shape index (κ1) is 15.8. The molecule has 1 heterocycles. The number of benzene rings is 1. The zero-order valence-electron chi connectivity index (χ0n) is 11.9. The number of aromatic carboxylic acids is 1. The second-order valence-corrected chi connectivity index (χ2v) is 4.98. The fourth-order valence-electron chi connectivity index (χ4n) is 2.12. The van der Waals surface area contributed by atoms with Crippen molar-refractivity contribution in [1.29, 1.82) is 0 Å². The third-order valence-electron chi connectivity index (χ3n) is 3.12. The van der Waals surface area contributed by atoms with E-state index < -0.39 is 34.7 Å². The molecule has 0 bridgehead atoms. The van der Waals surface area contributed by atoms with Crippen LogP contribution < -0.4 is 5.73 Å². The van der Waals surface area contributed by atoms with Gasteiger partial charge in [0.25, 0.3) is 0 Å². The maximum absolute atomic E-state index is 14.0. The smallest absolute Gasteiger partial charge is 0.338 e. The standard InChI is InChI=1S/C13H14F2N4O3/c1-18(2)4-3-8-17-10-6(12(20)21)5-7(14)9(15)11(10)19(8)13(16)22/h5H,3-4H2,1-2H3,(H2,16,22)(H,20,21). The highest BCUT2D eigenvalue weighted by Gasteiger charge is 2.25. The van der Waals surface area contributed by atoms with E-state index in [0.29, 0.717) is 17.2 Å². The Labute approximate surface area is 123 Å². The van der Waals surface area contributed by atoms with Crippen molar-refractivity contribution >= 4 is 23.0 Å². The second-order valence-electron chi connectivity index (χ2n) is 4.98. The Morgan fingerprint density at radius 3 is 2.55 bits per heavy atom. The number of nitrogens with zero attached hydrogens (tertiary/aromatic N) is 3. The molecule has 22 heavy (non-hydrogen) atoms. The summed E-state index contributed by atoms with van der Waals surface area (Å²) in [6, 6.07) is -0.522. The quantitative estimate of drug-likeness (QED) is 0.878. The van der Waals surface area contributed by atoms with Crippen LogP contribution in [0.15, 0.2) is 6.07 Å². The van der Waals surface area contributed by atoms with Gasteiger partial charge in [-0.2, -0.15) is 0 Å². The van der Waals surface area contributed by atoms with Crippen LogP contribution in [0.3, 0.4) is 0 Å². The van der Waals surface area contributed by atoms with Gasteiger partial charge in [0.1, 0.15) is 16.9 Å². The van der Waals surface area contributed by atoms with Crippen molar-refractivity contribution in [3.8, 4) is 0 Å². The van der Waals surface area contributed by atoms with Crippen LogP contribution in [0.2, 0.25) is 0 Å². The number of hydrogen-bond acceptors (Lipinski definition) is 4. The van der Waals surface area contributed by atoms with Crippen LogP contribution in [0.4, 0.5) is 13.6 Å². The summed E-state index contributed by atoms with van der Waals surface area (Å²) in [5, 5.41) is 9.09. The van der Waals surface area contributed by atoms with Gasteiger partial charge in [-0.05, 0) is 20.2 Å². The van der Waals surface area contributed by atoms with Crippen LogP contribution in [-0.2, 0) is 6.42 Å². The van der Waals surface area contributed by atoms with Gasteiger partial charge in [-0.3, -0.25) is 0 Å². The summed E-state index contributed by atoms with van der Waals surface area (Å²) in [5.74, 6) is -4.14. The van der Waals surface area contributed by atoms with Crippen molar-refractivity contribution < 1.29 is 23.5 Å². The molecule has 0 radical (unpaired) electrons. The Kier molecular flexibility index (Phi) is 4.09. The average molecular weight is 312 g/mol. The highest BCUT2D eigenvalue weighted by atomic mass is 19.2. The Balaban J connectivity index is 2.80. The van der Waals surface area contributed by atoms with E-state index in [1.807, 2.05) is 0 Å². The zero-order chi connectivity index (χ0) is 16.6. The fourth-order valence-corrected chi connectivity index (χ4v) is 2.12. The van der Waals surface area contributed by atoms with Gasteiger partial charge in [-0.25, -0.2) is 27.9 Å². The monoisotopic (exact) mass is 312 g/mol. The lowest BCUT2D eigenvalue weighted by molar-refractivity contribution is 0.0698. The summed E-state index contributed by atoms with van der Waals surface area (Å²) in [7, 11) is 3.56. The number of carboxylic acids is 1. The summed E-state index contributed by atoms with van der Waals surface area (Å²) in [4.78, 5) is 28.5. The topological polar surface area (TPSA) is 101 Å². The molecule has 0 saturated heterocycles. The number of rotatable bonds is 4. The molecular formula is C13H14F2N4O3. The summed E-state index contributed by atoms with van der Waals surface area (Å²) >= 11 is 0. The molecule has 1 aromatic heterocycles. The molecule has 2 aromatic rings. The van der Waals surface area contributed by atoms with Crippen LogP contribution in [-0.4, -0.2) is 52.2 Å². The van der Waals surface area contributed by atoms with Crippen molar-refractivity contribution in [2.45, 2.75) is 6.42 Å². The molecule has 0 unspecified atom stereocenters. The number of carboxylic acid groups (broad SMARTS) is 1. The normalized spacial score (nSPS) is 11.3. The first-order chi connectivity index (χ1) is 10.2. The highest BCUT2D eigenvalue weighted by Crippen LogP contribution is 2.26. The van der Waals surface area contributed by atoms with Crippen LogP contribution in [0.25, 0.3) is 11.0 Å². The number of amides is 1. The minimum absolute atomic E-state index is 0.0724.